The van der Waals surface area contributed by atoms with Crippen molar-refractivity contribution in [2.24, 2.45) is 5.92 Å². The normalized spacial score (nSPS) is 23.5. The Kier molecular flexibility index (Phi) is 6.67. The van der Waals surface area contributed by atoms with Gasteiger partial charge in [-0.1, -0.05) is 30.5 Å². The van der Waals surface area contributed by atoms with Crippen molar-refractivity contribution in [3.8, 4) is 0 Å². The number of hydrogen-bond acceptors (Lipinski definition) is 4. The predicted molar refractivity (Wildman–Crippen MR) is 118 cm³/mol. The van der Waals surface area contributed by atoms with E-state index in [-0.39, 0.29) is 16.7 Å². The molecule has 2 saturated heterocycles. The van der Waals surface area contributed by atoms with Gasteiger partial charge in [0.2, 0.25) is 21.8 Å². The van der Waals surface area contributed by atoms with Crippen LogP contribution in [-0.2, 0) is 19.6 Å². The summed E-state index contributed by atoms with van der Waals surface area (Å²) in [6.45, 7) is 4.31. The molecule has 1 atom stereocenters. The Hall–Kier alpha value is -1.93. The van der Waals surface area contributed by atoms with Crippen molar-refractivity contribution in [3.63, 3.8) is 0 Å². The number of carbonyl (C=O) groups excluding carboxylic acids is 2. The molecule has 0 spiro atoms. The average Bonchev–Trinajstić information content (AvgIpc) is 3.46. The van der Waals surface area contributed by atoms with Gasteiger partial charge in [0.1, 0.15) is 6.04 Å². The van der Waals surface area contributed by atoms with Crippen LogP contribution in [0.15, 0.2) is 29.2 Å². The maximum Gasteiger partial charge on any atom is 0.243 e. The number of piperazine rings is 1. The summed E-state index contributed by atoms with van der Waals surface area (Å²) < 4.78 is 27.7. The van der Waals surface area contributed by atoms with Gasteiger partial charge in [-0.3, -0.25) is 9.59 Å². The van der Waals surface area contributed by atoms with Crippen LogP contribution in [0.1, 0.15) is 50.5 Å². The monoisotopic (exact) mass is 447 g/mol. The molecular weight excluding hydrogens is 414 g/mol. The molecule has 170 valence electrons. The molecule has 1 saturated carbocycles. The lowest BCUT2D eigenvalue weighted by atomic mass is 10.0. The van der Waals surface area contributed by atoms with Gasteiger partial charge in [0.15, 0.2) is 0 Å². The standard InChI is InChI=1S/C23H33N3O4S/c1-18-8-10-20(11-9-18)31(29,30)26-12-4-7-21(26)23(28)25-15-13-24(14-16-25)22(27)17-19-5-2-3-6-19/h8-11,19,21H,2-7,12-17H2,1H3/t21-/m0/s1. The van der Waals surface area contributed by atoms with Crippen molar-refractivity contribution >= 4 is 21.8 Å². The van der Waals surface area contributed by atoms with Gasteiger partial charge in [-0.15, -0.1) is 0 Å². The van der Waals surface area contributed by atoms with E-state index in [4.69, 9.17) is 0 Å². The van der Waals surface area contributed by atoms with Crippen LogP contribution in [0.4, 0.5) is 0 Å². The van der Waals surface area contributed by atoms with Gasteiger partial charge in [-0.2, -0.15) is 4.31 Å². The van der Waals surface area contributed by atoms with E-state index in [1.165, 1.54) is 17.1 Å². The number of nitrogens with zero attached hydrogens (tertiary/aromatic N) is 3. The average molecular weight is 448 g/mol. The zero-order chi connectivity index (χ0) is 22.0. The van der Waals surface area contributed by atoms with E-state index in [0.29, 0.717) is 57.9 Å². The summed E-state index contributed by atoms with van der Waals surface area (Å²) in [4.78, 5) is 29.7. The van der Waals surface area contributed by atoms with E-state index >= 15 is 0 Å². The molecule has 1 aromatic rings. The van der Waals surface area contributed by atoms with Crippen molar-refractivity contribution in [3.05, 3.63) is 29.8 Å². The van der Waals surface area contributed by atoms with E-state index in [1.54, 1.807) is 29.2 Å². The third-order valence-electron chi connectivity index (χ3n) is 7.00. The quantitative estimate of drug-likeness (QED) is 0.694. The summed E-state index contributed by atoms with van der Waals surface area (Å²) in [5, 5.41) is 0. The Morgan fingerprint density at radius 3 is 2.13 bits per heavy atom. The number of rotatable bonds is 5. The van der Waals surface area contributed by atoms with Crippen molar-refractivity contribution in [1.82, 2.24) is 14.1 Å². The first kappa shape index (κ1) is 22.3. The van der Waals surface area contributed by atoms with E-state index < -0.39 is 16.1 Å². The second-order valence-corrected chi connectivity index (χ2v) is 11.0. The molecule has 0 bridgehead atoms. The Morgan fingerprint density at radius 1 is 0.871 bits per heavy atom. The van der Waals surface area contributed by atoms with Crippen LogP contribution in [0, 0.1) is 12.8 Å². The molecule has 0 aromatic heterocycles. The van der Waals surface area contributed by atoms with Gasteiger partial charge in [0, 0.05) is 39.1 Å². The van der Waals surface area contributed by atoms with Crippen LogP contribution >= 0.6 is 0 Å². The SMILES string of the molecule is Cc1ccc(S(=O)(=O)N2CCC[C@H]2C(=O)N2CCN(C(=O)CC3CCCC3)CC2)cc1. The second-order valence-electron chi connectivity index (χ2n) is 9.15. The zero-order valence-corrected chi connectivity index (χ0v) is 19.1. The summed E-state index contributed by atoms with van der Waals surface area (Å²) >= 11 is 0. The first-order valence-corrected chi connectivity index (χ1v) is 13.0. The lowest BCUT2D eigenvalue weighted by Gasteiger charge is -2.37. The van der Waals surface area contributed by atoms with Gasteiger partial charge in [0.05, 0.1) is 4.90 Å². The molecule has 8 heteroatoms. The Bertz CT molecular complexity index is 901. The number of aryl methyl sites for hydroxylation is 1. The van der Waals surface area contributed by atoms with Crippen LogP contribution in [0.25, 0.3) is 0 Å². The van der Waals surface area contributed by atoms with Crippen LogP contribution in [0.5, 0.6) is 0 Å². The van der Waals surface area contributed by atoms with Crippen LogP contribution in [0.2, 0.25) is 0 Å². The van der Waals surface area contributed by atoms with Crippen LogP contribution in [-0.4, -0.2) is 73.1 Å². The molecule has 7 nitrogen and oxygen atoms in total. The zero-order valence-electron chi connectivity index (χ0n) is 18.3. The smallest absolute Gasteiger partial charge is 0.243 e. The fourth-order valence-corrected chi connectivity index (χ4v) is 6.75. The molecule has 2 aliphatic heterocycles. The fourth-order valence-electron chi connectivity index (χ4n) is 5.10. The summed E-state index contributed by atoms with van der Waals surface area (Å²) in [5.41, 5.74) is 0.994. The molecule has 3 aliphatic rings. The predicted octanol–water partition coefficient (Wildman–Crippen LogP) is 2.40. The molecule has 1 aliphatic carbocycles. The lowest BCUT2D eigenvalue weighted by Crippen LogP contribution is -2.55. The van der Waals surface area contributed by atoms with E-state index in [0.717, 1.165) is 18.4 Å². The van der Waals surface area contributed by atoms with Gasteiger partial charge >= 0.3 is 0 Å². The Labute approximate surface area is 185 Å². The summed E-state index contributed by atoms with van der Waals surface area (Å²) in [6.07, 6.45) is 6.60. The van der Waals surface area contributed by atoms with Gasteiger partial charge < -0.3 is 9.80 Å². The molecule has 31 heavy (non-hydrogen) atoms. The number of amides is 2. The number of hydrogen-bond donors (Lipinski definition) is 0. The van der Waals surface area contributed by atoms with Crippen molar-refractivity contribution in [2.45, 2.75) is 62.8 Å². The number of carbonyl (C=O) groups is 2. The Balaban J connectivity index is 1.36. The molecule has 0 radical (unpaired) electrons. The third-order valence-corrected chi connectivity index (χ3v) is 8.92. The highest BCUT2D eigenvalue weighted by Gasteiger charge is 2.41. The molecule has 4 rings (SSSR count). The first-order chi connectivity index (χ1) is 14.9. The minimum atomic E-state index is -3.70. The highest BCUT2D eigenvalue weighted by Crippen LogP contribution is 2.29. The molecule has 2 amide bonds. The number of benzene rings is 1. The third kappa shape index (κ3) is 4.80. The highest BCUT2D eigenvalue weighted by atomic mass is 32.2. The Morgan fingerprint density at radius 2 is 1.48 bits per heavy atom. The minimum absolute atomic E-state index is 0.129. The molecule has 2 heterocycles. The van der Waals surface area contributed by atoms with E-state index in [2.05, 4.69) is 0 Å². The largest absolute Gasteiger partial charge is 0.339 e. The lowest BCUT2D eigenvalue weighted by molar-refractivity contribution is -0.142. The molecule has 1 aromatic carbocycles. The molecular formula is C23H33N3O4S. The fraction of sp³-hybridized carbons (Fsp3) is 0.652. The van der Waals surface area contributed by atoms with Gasteiger partial charge in [0.25, 0.3) is 0 Å². The van der Waals surface area contributed by atoms with Crippen LogP contribution in [0.3, 0.4) is 0 Å². The van der Waals surface area contributed by atoms with Crippen molar-refractivity contribution < 1.29 is 18.0 Å². The maximum absolute atomic E-state index is 13.2. The van der Waals surface area contributed by atoms with Crippen LogP contribution < -0.4 is 0 Å². The number of sulfonamides is 1. The van der Waals surface area contributed by atoms with E-state index in [1.807, 2.05) is 11.8 Å². The molecule has 0 unspecified atom stereocenters. The summed E-state index contributed by atoms with van der Waals surface area (Å²) in [5.74, 6) is 0.589. The minimum Gasteiger partial charge on any atom is -0.339 e. The van der Waals surface area contributed by atoms with E-state index in [9.17, 15) is 18.0 Å². The maximum atomic E-state index is 13.2. The van der Waals surface area contributed by atoms with Gasteiger partial charge in [-0.05, 0) is 50.7 Å². The first-order valence-electron chi connectivity index (χ1n) is 11.5. The molecule has 0 N–H and O–H groups in total. The van der Waals surface area contributed by atoms with Crippen molar-refractivity contribution in [2.75, 3.05) is 32.7 Å². The molecule has 3 fully saturated rings. The summed E-state index contributed by atoms with van der Waals surface area (Å²) in [6, 6.07) is 6.13. The summed E-state index contributed by atoms with van der Waals surface area (Å²) in [7, 11) is -3.70. The topological polar surface area (TPSA) is 78.0 Å². The highest BCUT2D eigenvalue weighted by molar-refractivity contribution is 7.89. The second kappa shape index (κ2) is 9.28. The van der Waals surface area contributed by atoms with Crippen molar-refractivity contribution in [1.29, 1.82) is 0 Å². The van der Waals surface area contributed by atoms with Gasteiger partial charge in [-0.25, -0.2) is 8.42 Å².